The lowest BCUT2D eigenvalue weighted by Gasteiger charge is -2.21. The molecule has 1 atom stereocenters. The highest BCUT2D eigenvalue weighted by atomic mass is 16.5. The number of hydrogen-bond acceptors (Lipinski definition) is 5. The van der Waals surface area contributed by atoms with Gasteiger partial charge >= 0.3 is 11.6 Å². The number of carboxylic acid groups (broad SMARTS) is 1. The molecular formula is C20H21NO6. The summed E-state index contributed by atoms with van der Waals surface area (Å²) in [6.45, 7) is 1.98. The molecule has 1 aliphatic heterocycles. The Bertz CT molecular complexity index is 992. The van der Waals surface area contributed by atoms with Crippen molar-refractivity contribution in [2.45, 2.75) is 45.1 Å². The molecule has 2 heterocycles. The summed E-state index contributed by atoms with van der Waals surface area (Å²) in [7, 11) is 0. The highest BCUT2D eigenvalue weighted by Gasteiger charge is 2.34. The quantitative estimate of drug-likeness (QED) is 0.826. The van der Waals surface area contributed by atoms with Crippen molar-refractivity contribution in [2.75, 3.05) is 13.2 Å². The molecule has 27 heavy (non-hydrogen) atoms. The van der Waals surface area contributed by atoms with E-state index in [1.807, 2.05) is 6.07 Å². The second-order valence-electron chi connectivity index (χ2n) is 7.14. The topological polar surface area (TPSA) is 97.0 Å². The number of aryl methyl sites for hydroxylation is 2. The van der Waals surface area contributed by atoms with Gasteiger partial charge in [0.25, 0.3) is 5.91 Å². The van der Waals surface area contributed by atoms with Crippen LogP contribution in [0.3, 0.4) is 0 Å². The number of carbonyl (C=O) groups is 2. The molecule has 0 spiro atoms. The first-order valence-corrected chi connectivity index (χ1v) is 9.20. The average Bonchev–Trinajstić information content (AvgIpc) is 3.31. The van der Waals surface area contributed by atoms with Crippen LogP contribution in [-0.2, 0) is 22.4 Å². The number of ether oxygens (including phenoxy) is 1. The van der Waals surface area contributed by atoms with Crippen LogP contribution in [0.5, 0.6) is 5.75 Å². The molecule has 7 nitrogen and oxygen atoms in total. The maximum Gasteiger partial charge on any atom is 0.339 e. The zero-order valence-corrected chi connectivity index (χ0v) is 15.1. The van der Waals surface area contributed by atoms with E-state index in [1.54, 1.807) is 13.0 Å². The molecule has 0 unspecified atom stereocenters. The number of hydrogen-bond donors (Lipinski definition) is 1. The lowest BCUT2D eigenvalue weighted by Crippen LogP contribution is -2.42. The molecule has 1 fully saturated rings. The second-order valence-corrected chi connectivity index (χ2v) is 7.14. The minimum Gasteiger partial charge on any atom is -0.483 e. The van der Waals surface area contributed by atoms with Gasteiger partial charge in [0, 0.05) is 23.1 Å². The predicted octanol–water partition coefficient (Wildman–Crippen LogP) is 2.04. The van der Waals surface area contributed by atoms with Crippen LogP contribution in [0, 0.1) is 6.92 Å². The molecule has 2 aliphatic rings. The Kier molecular flexibility index (Phi) is 4.37. The molecule has 1 aliphatic carbocycles. The normalized spacial score (nSPS) is 18.7. The minimum atomic E-state index is -0.988. The van der Waals surface area contributed by atoms with Gasteiger partial charge in [0.15, 0.2) is 6.61 Å². The molecule has 142 valence electrons. The van der Waals surface area contributed by atoms with E-state index < -0.39 is 12.0 Å². The molecular weight excluding hydrogens is 350 g/mol. The Labute approximate surface area is 155 Å². The van der Waals surface area contributed by atoms with Gasteiger partial charge in [-0.1, -0.05) is 0 Å². The van der Waals surface area contributed by atoms with Crippen LogP contribution in [0.4, 0.5) is 0 Å². The number of nitrogens with zero attached hydrogens (tertiary/aromatic N) is 1. The molecule has 0 bridgehead atoms. The van der Waals surface area contributed by atoms with Crippen molar-refractivity contribution in [1.82, 2.24) is 4.90 Å². The molecule has 2 aromatic rings. The SMILES string of the molecule is Cc1c(OCC(=O)N2CCC[C@H]2C(=O)O)ccc2c3c(c(=O)oc12)CCC3. The number of fused-ring (bicyclic) bond motifs is 3. The fraction of sp³-hybridized carbons (Fsp3) is 0.450. The zero-order valence-electron chi connectivity index (χ0n) is 15.1. The number of carbonyl (C=O) groups excluding carboxylic acids is 1. The van der Waals surface area contributed by atoms with Crippen molar-refractivity contribution in [1.29, 1.82) is 0 Å². The Morgan fingerprint density at radius 3 is 2.81 bits per heavy atom. The predicted molar refractivity (Wildman–Crippen MR) is 97.1 cm³/mol. The van der Waals surface area contributed by atoms with Gasteiger partial charge in [-0.15, -0.1) is 0 Å². The van der Waals surface area contributed by atoms with E-state index in [2.05, 4.69) is 0 Å². The van der Waals surface area contributed by atoms with Crippen LogP contribution in [0.1, 0.15) is 36.0 Å². The van der Waals surface area contributed by atoms with Crippen LogP contribution in [0.2, 0.25) is 0 Å². The Morgan fingerprint density at radius 1 is 1.26 bits per heavy atom. The summed E-state index contributed by atoms with van der Waals surface area (Å²) in [5, 5.41) is 10.1. The summed E-state index contributed by atoms with van der Waals surface area (Å²) < 4.78 is 11.2. The zero-order chi connectivity index (χ0) is 19.1. The van der Waals surface area contributed by atoms with E-state index in [0.717, 1.165) is 35.8 Å². The monoisotopic (exact) mass is 371 g/mol. The molecule has 7 heteroatoms. The molecule has 4 rings (SSSR count). The van der Waals surface area contributed by atoms with E-state index >= 15 is 0 Å². The maximum absolute atomic E-state index is 12.4. The molecule has 0 radical (unpaired) electrons. The first-order chi connectivity index (χ1) is 13.0. The van der Waals surface area contributed by atoms with Crippen LogP contribution in [0.15, 0.2) is 21.3 Å². The van der Waals surface area contributed by atoms with E-state index in [-0.39, 0.29) is 18.1 Å². The summed E-state index contributed by atoms with van der Waals surface area (Å²) in [4.78, 5) is 37.2. The summed E-state index contributed by atoms with van der Waals surface area (Å²) in [6, 6.07) is 2.87. The molecule has 1 aromatic heterocycles. The van der Waals surface area contributed by atoms with Gasteiger partial charge in [-0.05, 0) is 56.7 Å². The minimum absolute atomic E-state index is 0.245. The molecule has 0 saturated carbocycles. The third-order valence-corrected chi connectivity index (χ3v) is 5.55. The largest absolute Gasteiger partial charge is 0.483 e. The van der Waals surface area contributed by atoms with Gasteiger partial charge in [0.1, 0.15) is 17.4 Å². The third-order valence-electron chi connectivity index (χ3n) is 5.55. The Hall–Kier alpha value is -2.83. The van der Waals surface area contributed by atoms with Gasteiger partial charge in [0.05, 0.1) is 0 Å². The van der Waals surface area contributed by atoms with Gasteiger partial charge in [0.2, 0.25) is 0 Å². The summed E-state index contributed by atoms with van der Waals surface area (Å²) in [5.41, 5.74) is 2.68. The lowest BCUT2D eigenvalue weighted by atomic mass is 10.0. The molecule has 1 N–H and O–H groups in total. The van der Waals surface area contributed by atoms with Gasteiger partial charge in [-0.25, -0.2) is 9.59 Å². The van der Waals surface area contributed by atoms with Crippen molar-refractivity contribution >= 4 is 22.8 Å². The summed E-state index contributed by atoms with van der Waals surface area (Å²) >= 11 is 0. The van der Waals surface area contributed by atoms with Crippen molar-refractivity contribution in [2.24, 2.45) is 0 Å². The van der Waals surface area contributed by atoms with Crippen LogP contribution < -0.4 is 10.4 Å². The highest BCUT2D eigenvalue weighted by Crippen LogP contribution is 2.33. The van der Waals surface area contributed by atoms with Crippen LogP contribution in [-0.4, -0.2) is 41.1 Å². The fourth-order valence-electron chi connectivity index (χ4n) is 4.16. The molecule has 1 aromatic carbocycles. The number of rotatable bonds is 4. The van der Waals surface area contributed by atoms with Gasteiger partial charge in [-0.2, -0.15) is 0 Å². The number of likely N-dealkylation sites (tertiary alicyclic amines) is 1. The number of carboxylic acids is 1. The van der Waals surface area contributed by atoms with Crippen molar-refractivity contribution < 1.29 is 23.8 Å². The van der Waals surface area contributed by atoms with Gasteiger partial charge in [-0.3, -0.25) is 4.79 Å². The summed E-state index contributed by atoms with van der Waals surface area (Å²) in [6.07, 6.45) is 3.70. The maximum atomic E-state index is 12.4. The van der Waals surface area contributed by atoms with Crippen molar-refractivity contribution in [3.63, 3.8) is 0 Å². The number of amides is 1. The van der Waals surface area contributed by atoms with Crippen LogP contribution in [0.25, 0.3) is 11.0 Å². The highest BCUT2D eigenvalue weighted by molar-refractivity contribution is 5.87. The smallest absolute Gasteiger partial charge is 0.339 e. The first kappa shape index (κ1) is 17.6. The van der Waals surface area contributed by atoms with E-state index in [0.29, 0.717) is 36.3 Å². The van der Waals surface area contributed by atoms with Crippen molar-refractivity contribution in [3.8, 4) is 5.75 Å². The van der Waals surface area contributed by atoms with Crippen molar-refractivity contribution in [3.05, 3.63) is 39.2 Å². The third kappa shape index (κ3) is 2.97. The first-order valence-electron chi connectivity index (χ1n) is 9.20. The van der Waals surface area contributed by atoms with E-state index in [9.17, 15) is 19.5 Å². The molecule has 1 saturated heterocycles. The lowest BCUT2D eigenvalue weighted by molar-refractivity contribution is -0.148. The standard InChI is InChI=1S/C20H21NO6/c1-11-16(26-10-17(22)21-9-3-6-15(21)19(23)24)8-7-13-12-4-2-5-14(12)20(25)27-18(11)13/h7-8,15H,2-6,9-10H2,1H3,(H,23,24)/t15-/m0/s1. The molecule has 1 amide bonds. The second kappa shape index (κ2) is 6.72. The summed E-state index contributed by atoms with van der Waals surface area (Å²) in [5.74, 6) is -0.879. The van der Waals surface area contributed by atoms with Crippen LogP contribution >= 0.6 is 0 Å². The Balaban J connectivity index is 1.57. The number of aliphatic carboxylic acids is 1. The van der Waals surface area contributed by atoms with E-state index in [4.69, 9.17) is 9.15 Å². The average molecular weight is 371 g/mol. The van der Waals surface area contributed by atoms with Gasteiger partial charge < -0.3 is 19.2 Å². The van der Waals surface area contributed by atoms with E-state index in [1.165, 1.54) is 4.90 Å². The number of benzene rings is 1. The fourth-order valence-corrected chi connectivity index (χ4v) is 4.16. The Morgan fingerprint density at radius 2 is 2.04 bits per heavy atom.